The van der Waals surface area contributed by atoms with Crippen LogP contribution in [-0.4, -0.2) is 45.1 Å². The summed E-state index contributed by atoms with van der Waals surface area (Å²) in [6.07, 6.45) is 4.24. The number of amides is 1. The molecule has 0 saturated carbocycles. The number of nitrogens with one attached hydrogen (secondary N) is 1. The van der Waals surface area contributed by atoms with E-state index in [1.807, 2.05) is 12.1 Å². The fraction of sp³-hybridized carbons (Fsp3) is 0.533. The first-order valence-electron chi connectivity index (χ1n) is 7.16. The molecule has 0 bridgehead atoms. The van der Waals surface area contributed by atoms with Crippen LogP contribution in [0.4, 0.5) is 0 Å². The van der Waals surface area contributed by atoms with Crippen LogP contribution in [0.5, 0.6) is 0 Å². The third-order valence-corrected chi connectivity index (χ3v) is 5.03. The van der Waals surface area contributed by atoms with Crippen LogP contribution in [-0.2, 0) is 21.2 Å². The average Bonchev–Trinajstić information content (AvgIpc) is 2.46. The highest BCUT2D eigenvalue weighted by atomic mass is 32.2. The molecule has 6 heteroatoms. The standard InChI is InChI=1S/C15H22N2O3S/c1-16-15(18)14-5-3-4-10-17(14)11-12-6-8-13(9-7-12)21(2,19)20/h6-9,14H,3-5,10-11H2,1-2H3,(H,16,18)/t14-/m1/s1. The van der Waals surface area contributed by atoms with E-state index in [0.717, 1.165) is 31.4 Å². The highest BCUT2D eigenvalue weighted by Crippen LogP contribution is 2.20. The van der Waals surface area contributed by atoms with Gasteiger partial charge in [-0.15, -0.1) is 0 Å². The minimum absolute atomic E-state index is 0.0578. The first kappa shape index (κ1) is 16.0. The zero-order chi connectivity index (χ0) is 15.5. The van der Waals surface area contributed by atoms with E-state index in [1.165, 1.54) is 6.26 Å². The van der Waals surface area contributed by atoms with Gasteiger partial charge in [0.1, 0.15) is 0 Å². The molecule has 0 radical (unpaired) electrons. The molecule has 21 heavy (non-hydrogen) atoms. The predicted molar refractivity (Wildman–Crippen MR) is 81.7 cm³/mol. The minimum atomic E-state index is -3.16. The molecule has 1 fully saturated rings. The van der Waals surface area contributed by atoms with Gasteiger partial charge < -0.3 is 5.32 Å². The molecule has 1 heterocycles. The number of likely N-dealkylation sites (N-methyl/N-ethyl adjacent to an activating group) is 1. The van der Waals surface area contributed by atoms with Crippen molar-refractivity contribution in [2.45, 2.75) is 36.7 Å². The molecule has 0 aromatic heterocycles. The van der Waals surface area contributed by atoms with Crippen LogP contribution in [0.1, 0.15) is 24.8 Å². The van der Waals surface area contributed by atoms with Gasteiger partial charge in [0.2, 0.25) is 5.91 Å². The molecule has 1 N–H and O–H groups in total. The molecular weight excluding hydrogens is 288 g/mol. The highest BCUT2D eigenvalue weighted by molar-refractivity contribution is 7.90. The van der Waals surface area contributed by atoms with Crippen LogP contribution < -0.4 is 5.32 Å². The van der Waals surface area contributed by atoms with Gasteiger partial charge in [-0.3, -0.25) is 9.69 Å². The van der Waals surface area contributed by atoms with Crippen molar-refractivity contribution in [3.05, 3.63) is 29.8 Å². The Balaban J connectivity index is 2.10. The van der Waals surface area contributed by atoms with Gasteiger partial charge >= 0.3 is 0 Å². The molecule has 0 spiro atoms. The van der Waals surface area contributed by atoms with Crippen LogP contribution in [0, 0.1) is 0 Å². The fourth-order valence-corrected chi connectivity index (χ4v) is 3.35. The molecule has 1 atom stereocenters. The molecule has 1 aliphatic rings. The van der Waals surface area contributed by atoms with E-state index < -0.39 is 9.84 Å². The van der Waals surface area contributed by atoms with Crippen molar-refractivity contribution in [3.63, 3.8) is 0 Å². The molecule has 1 saturated heterocycles. The maximum absolute atomic E-state index is 11.9. The number of likely N-dealkylation sites (tertiary alicyclic amines) is 1. The van der Waals surface area contributed by atoms with Gasteiger partial charge in [0.15, 0.2) is 9.84 Å². The number of carbonyl (C=O) groups is 1. The molecule has 1 aliphatic heterocycles. The van der Waals surface area contributed by atoms with Crippen molar-refractivity contribution in [1.29, 1.82) is 0 Å². The molecule has 116 valence electrons. The summed E-state index contributed by atoms with van der Waals surface area (Å²) < 4.78 is 22.9. The number of benzene rings is 1. The van der Waals surface area contributed by atoms with E-state index >= 15 is 0 Å². The number of nitrogens with zero attached hydrogens (tertiary/aromatic N) is 1. The van der Waals surface area contributed by atoms with Crippen molar-refractivity contribution >= 4 is 15.7 Å². The number of piperidine rings is 1. The van der Waals surface area contributed by atoms with Gasteiger partial charge in [-0.1, -0.05) is 18.6 Å². The van der Waals surface area contributed by atoms with Crippen molar-refractivity contribution in [1.82, 2.24) is 10.2 Å². The van der Waals surface area contributed by atoms with Crippen molar-refractivity contribution in [2.24, 2.45) is 0 Å². The molecule has 0 unspecified atom stereocenters. The van der Waals surface area contributed by atoms with Gasteiger partial charge in [0, 0.05) is 19.8 Å². The summed E-state index contributed by atoms with van der Waals surface area (Å²) in [7, 11) is -1.50. The van der Waals surface area contributed by atoms with E-state index in [2.05, 4.69) is 10.2 Å². The largest absolute Gasteiger partial charge is 0.358 e. The van der Waals surface area contributed by atoms with Crippen LogP contribution in [0.2, 0.25) is 0 Å². The minimum Gasteiger partial charge on any atom is -0.358 e. The number of hydrogen-bond donors (Lipinski definition) is 1. The SMILES string of the molecule is CNC(=O)[C@H]1CCCCN1Cc1ccc(S(C)(=O)=O)cc1. The lowest BCUT2D eigenvalue weighted by Crippen LogP contribution is -2.48. The molecule has 5 nitrogen and oxygen atoms in total. The Morgan fingerprint density at radius 2 is 1.95 bits per heavy atom. The maximum Gasteiger partial charge on any atom is 0.237 e. The number of carbonyl (C=O) groups excluding carboxylic acids is 1. The Labute approximate surface area is 126 Å². The zero-order valence-corrected chi connectivity index (χ0v) is 13.3. The van der Waals surface area contributed by atoms with Gasteiger partial charge in [0.25, 0.3) is 0 Å². The smallest absolute Gasteiger partial charge is 0.237 e. The summed E-state index contributed by atoms with van der Waals surface area (Å²) in [5.41, 5.74) is 1.03. The lowest BCUT2D eigenvalue weighted by molar-refractivity contribution is -0.127. The molecule has 2 rings (SSSR count). The van der Waals surface area contributed by atoms with Crippen molar-refractivity contribution < 1.29 is 13.2 Å². The molecule has 1 amide bonds. The average molecular weight is 310 g/mol. The summed E-state index contributed by atoms with van der Waals surface area (Å²) in [4.78, 5) is 14.4. The lowest BCUT2D eigenvalue weighted by atomic mass is 10.0. The van der Waals surface area contributed by atoms with Crippen LogP contribution in [0.25, 0.3) is 0 Å². The second-order valence-corrected chi connectivity index (χ2v) is 7.53. The van der Waals surface area contributed by atoms with Crippen LogP contribution >= 0.6 is 0 Å². The number of sulfone groups is 1. The third kappa shape index (κ3) is 4.04. The van der Waals surface area contributed by atoms with Crippen molar-refractivity contribution in [3.8, 4) is 0 Å². The summed E-state index contributed by atoms with van der Waals surface area (Å²) in [5, 5.41) is 2.72. The van der Waals surface area contributed by atoms with Gasteiger partial charge in [-0.05, 0) is 37.1 Å². The van der Waals surface area contributed by atoms with Crippen LogP contribution in [0.15, 0.2) is 29.2 Å². The predicted octanol–water partition coefficient (Wildman–Crippen LogP) is 1.19. The Bertz CT molecular complexity index is 596. The zero-order valence-electron chi connectivity index (χ0n) is 12.5. The molecule has 1 aromatic rings. The first-order chi connectivity index (χ1) is 9.91. The van der Waals surface area contributed by atoms with Crippen molar-refractivity contribution in [2.75, 3.05) is 19.8 Å². The Morgan fingerprint density at radius 1 is 1.29 bits per heavy atom. The van der Waals surface area contributed by atoms with E-state index in [1.54, 1.807) is 19.2 Å². The molecular formula is C15H22N2O3S. The summed E-state index contributed by atoms with van der Waals surface area (Å²) >= 11 is 0. The maximum atomic E-state index is 11.9. The lowest BCUT2D eigenvalue weighted by Gasteiger charge is -2.34. The summed E-state index contributed by atoms with van der Waals surface area (Å²) in [6, 6.07) is 6.82. The second-order valence-electron chi connectivity index (χ2n) is 5.51. The van der Waals surface area contributed by atoms with E-state index in [4.69, 9.17) is 0 Å². The fourth-order valence-electron chi connectivity index (χ4n) is 2.72. The van der Waals surface area contributed by atoms with Gasteiger partial charge in [0.05, 0.1) is 10.9 Å². The summed E-state index contributed by atoms with van der Waals surface area (Å²) in [5.74, 6) is 0.0578. The van der Waals surface area contributed by atoms with Gasteiger partial charge in [-0.2, -0.15) is 0 Å². The normalized spacial score (nSPS) is 20.2. The first-order valence-corrected chi connectivity index (χ1v) is 9.05. The number of rotatable bonds is 4. The Kier molecular flexibility index (Phi) is 5.00. The Hall–Kier alpha value is -1.40. The topological polar surface area (TPSA) is 66.5 Å². The van der Waals surface area contributed by atoms with Gasteiger partial charge in [-0.25, -0.2) is 8.42 Å². The number of hydrogen-bond acceptors (Lipinski definition) is 4. The van der Waals surface area contributed by atoms with E-state index in [9.17, 15) is 13.2 Å². The quantitative estimate of drug-likeness (QED) is 0.907. The third-order valence-electron chi connectivity index (χ3n) is 3.90. The monoisotopic (exact) mass is 310 g/mol. The molecule has 1 aromatic carbocycles. The highest BCUT2D eigenvalue weighted by Gasteiger charge is 2.27. The summed E-state index contributed by atoms with van der Waals surface area (Å²) in [6.45, 7) is 1.56. The second kappa shape index (κ2) is 6.58. The Morgan fingerprint density at radius 3 is 2.52 bits per heavy atom. The van der Waals surface area contributed by atoms with E-state index in [0.29, 0.717) is 11.4 Å². The van der Waals surface area contributed by atoms with Crippen LogP contribution in [0.3, 0.4) is 0 Å². The van der Waals surface area contributed by atoms with E-state index in [-0.39, 0.29) is 11.9 Å². The molecule has 0 aliphatic carbocycles.